The van der Waals surface area contributed by atoms with E-state index in [4.69, 9.17) is 4.74 Å². The largest absolute Gasteiger partial charge is 1.00 e. The van der Waals surface area contributed by atoms with E-state index in [2.05, 4.69) is 40.2 Å². The number of hydrogen-bond acceptors (Lipinski definition) is 3. The number of cyclic esters (lactones) is 1. The van der Waals surface area contributed by atoms with Gasteiger partial charge in [-0.05, 0) is 34.5 Å². The Morgan fingerprint density at radius 1 is 1.08 bits per heavy atom. The minimum absolute atomic E-state index is 0. The lowest BCUT2D eigenvalue weighted by Crippen LogP contribution is -3.00. The summed E-state index contributed by atoms with van der Waals surface area (Å²) in [7, 11) is 0. The van der Waals surface area contributed by atoms with Crippen LogP contribution in [0.3, 0.4) is 0 Å². The van der Waals surface area contributed by atoms with Gasteiger partial charge in [-0.2, -0.15) is 0 Å². The second-order valence-corrected chi connectivity index (χ2v) is 8.62. The number of amides is 2. The van der Waals surface area contributed by atoms with Gasteiger partial charge < -0.3 is 27.0 Å². The number of rotatable bonds is 6. The summed E-state index contributed by atoms with van der Waals surface area (Å²) in [5.41, 5.74) is 2.83. The highest BCUT2D eigenvalue weighted by atomic mass is 79.9. The molecule has 184 valence electrons. The van der Waals surface area contributed by atoms with Crippen molar-refractivity contribution >= 4 is 28.5 Å². The van der Waals surface area contributed by atoms with Gasteiger partial charge in [-0.15, -0.1) is 0 Å². The Morgan fingerprint density at radius 3 is 2.58 bits per heavy atom. The third-order valence-corrected chi connectivity index (χ3v) is 6.15. The van der Waals surface area contributed by atoms with Gasteiger partial charge in [0.15, 0.2) is 18.9 Å². The van der Waals surface area contributed by atoms with Crippen molar-refractivity contribution < 1.29 is 40.3 Å². The summed E-state index contributed by atoms with van der Waals surface area (Å²) in [6.07, 6.45) is 2.85. The molecular weight excluding hydrogens is 525 g/mol. The number of pyridine rings is 1. The Kier molecular flexibility index (Phi) is 7.64. The van der Waals surface area contributed by atoms with Gasteiger partial charge in [-0.25, -0.2) is 13.8 Å². The van der Waals surface area contributed by atoms with Crippen LogP contribution in [-0.4, -0.2) is 31.2 Å². The lowest BCUT2D eigenvalue weighted by Gasteiger charge is -2.14. The van der Waals surface area contributed by atoms with Gasteiger partial charge in [0, 0.05) is 30.2 Å². The van der Waals surface area contributed by atoms with E-state index in [1.54, 1.807) is 12.1 Å². The van der Waals surface area contributed by atoms with Crippen molar-refractivity contribution in [3.05, 3.63) is 96.6 Å². The molecule has 1 atom stereocenters. The third-order valence-electron chi connectivity index (χ3n) is 6.15. The van der Waals surface area contributed by atoms with E-state index < -0.39 is 18.0 Å². The summed E-state index contributed by atoms with van der Waals surface area (Å²) in [5, 5.41) is 5.05. The zero-order valence-electron chi connectivity index (χ0n) is 19.7. The predicted octanol–water partition coefficient (Wildman–Crippen LogP) is 1.45. The van der Waals surface area contributed by atoms with Crippen LogP contribution in [0.1, 0.15) is 12.5 Å². The van der Waals surface area contributed by atoms with Gasteiger partial charge in [-0.3, -0.25) is 9.69 Å². The third kappa shape index (κ3) is 5.39. The van der Waals surface area contributed by atoms with E-state index in [0.29, 0.717) is 17.8 Å². The zero-order valence-corrected chi connectivity index (χ0v) is 21.2. The molecule has 1 N–H and O–H groups in total. The van der Waals surface area contributed by atoms with E-state index in [-0.39, 0.29) is 36.0 Å². The summed E-state index contributed by atoms with van der Waals surface area (Å²) >= 11 is 0. The van der Waals surface area contributed by atoms with Crippen LogP contribution < -0.4 is 31.8 Å². The average molecular weight is 550 g/mol. The molecule has 5 rings (SSSR count). The SMILES string of the molecule is CC(=O)NC[C@H]1CN(c2ccc(-c3cc[n+](Cc4cccc5ccccc45)cc3)c(F)c2)C(=O)O1.[Br-]. The number of fused-ring (bicyclic) bond motifs is 1. The number of aromatic nitrogens is 1. The number of ether oxygens (including phenoxy) is 1. The van der Waals surface area contributed by atoms with Crippen molar-refractivity contribution in [2.45, 2.75) is 19.6 Å². The molecule has 1 aliphatic rings. The van der Waals surface area contributed by atoms with E-state index in [1.165, 1.54) is 34.2 Å². The van der Waals surface area contributed by atoms with Crippen LogP contribution >= 0.6 is 0 Å². The van der Waals surface area contributed by atoms with Gasteiger partial charge in [0.2, 0.25) is 5.91 Å². The summed E-state index contributed by atoms with van der Waals surface area (Å²) < 4.78 is 22.4. The van der Waals surface area contributed by atoms with Crippen LogP contribution in [-0.2, 0) is 16.1 Å². The molecule has 4 aromatic rings. The molecule has 1 fully saturated rings. The summed E-state index contributed by atoms with van der Waals surface area (Å²) in [6.45, 7) is 2.58. The van der Waals surface area contributed by atoms with Gasteiger partial charge in [0.1, 0.15) is 11.9 Å². The normalized spacial score (nSPS) is 14.9. The van der Waals surface area contributed by atoms with Crippen LogP contribution in [0.5, 0.6) is 0 Å². The summed E-state index contributed by atoms with van der Waals surface area (Å²) in [6, 6.07) is 23.1. The van der Waals surface area contributed by atoms with Crippen molar-refractivity contribution in [3.8, 4) is 11.1 Å². The standard InChI is InChI=1S/C28H24FN3O3.BrH/c1-19(33)30-16-24-18-32(28(34)35-24)23-9-10-26(27(29)15-23)21-11-13-31(14-12-21)17-22-7-4-6-20-5-2-3-8-25(20)22;/h2-15,24H,16-18H2,1H3;1H/t24-;/m0./s1. The number of anilines is 1. The Labute approximate surface area is 219 Å². The topological polar surface area (TPSA) is 62.5 Å². The maximum Gasteiger partial charge on any atom is 0.414 e. The first kappa shape index (κ1) is 25.3. The molecule has 1 aliphatic heterocycles. The fraction of sp³-hybridized carbons (Fsp3) is 0.179. The quantitative estimate of drug-likeness (QED) is 0.370. The van der Waals surface area contributed by atoms with Crippen LogP contribution in [0.15, 0.2) is 85.2 Å². The number of hydrogen-bond donors (Lipinski definition) is 1. The molecule has 0 spiro atoms. The second-order valence-electron chi connectivity index (χ2n) is 8.62. The van der Waals surface area contributed by atoms with E-state index >= 15 is 4.39 Å². The van der Waals surface area contributed by atoms with Gasteiger partial charge in [0.05, 0.1) is 18.8 Å². The summed E-state index contributed by atoms with van der Waals surface area (Å²) in [5.74, 6) is -0.622. The highest BCUT2D eigenvalue weighted by Gasteiger charge is 2.32. The number of carbonyl (C=O) groups is 2. The maximum absolute atomic E-state index is 15.0. The fourth-order valence-electron chi connectivity index (χ4n) is 4.37. The molecule has 3 aromatic carbocycles. The van der Waals surface area contributed by atoms with Crippen LogP contribution in [0.4, 0.5) is 14.9 Å². The van der Waals surface area contributed by atoms with Crippen LogP contribution in [0.2, 0.25) is 0 Å². The number of halogens is 2. The Hall–Kier alpha value is -3.78. The first-order valence-electron chi connectivity index (χ1n) is 11.5. The monoisotopic (exact) mass is 549 g/mol. The molecule has 2 amide bonds. The fourth-order valence-corrected chi connectivity index (χ4v) is 4.37. The van der Waals surface area contributed by atoms with Crippen molar-refractivity contribution in [1.82, 2.24) is 5.32 Å². The molecule has 0 bridgehead atoms. The molecule has 0 saturated carbocycles. The number of nitrogens with zero attached hydrogens (tertiary/aromatic N) is 2. The Morgan fingerprint density at radius 2 is 1.83 bits per heavy atom. The van der Waals surface area contributed by atoms with Crippen molar-refractivity contribution in [3.63, 3.8) is 0 Å². The molecule has 36 heavy (non-hydrogen) atoms. The van der Waals surface area contributed by atoms with Gasteiger partial charge in [0.25, 0.3) is 0 Å². The summed E-state index contributed by atoms with van der Waals surface area (Å²) in [4.78, 5) is 24.7. The first-order valence-corrected chi connectivity index (χ1v) is 11.5. The molecule has 0 radical (unpaired) electrons. The Balaban J connectivity index is 0.00000304. The second kappa shape index (κ2) is 10.9. The average Bonchev–Trinajstić information content (AvgIpc) is 3.24. The molecule has 0 aliphatic carbocycles. The molecule has 0 unspecified atom stereocenters. The minimum atomic E-state index is -0.554. The highest BCUT2D eigenvalue weighted by Crippen LogP contribution is 2.29. The molecule has 6 nitrogen and oxygen atoms in total. The van der Waals surface area contributed by atoms with E-state index in [0.717, 1.165) is 5.56 Å². The smallest absolute Gasteiger partial charge is 0.414 e. The molecule has 2 heterocycles. The van der Waals surface area contributed by atoms with Crippen molar-refractivity contribution in [1.29, 1.82) is 0 Å². The van der Waals surface area contributed by atoms with Gasteiger partial charge >= 0.3 is 6.09 Å². The first-order chi connectivity index (χ1) is 17.0. The Bertz CT molecular complexity index is 1410. The van der Waals surface area contributed by atoms with E-state index in [1.807, 2.05) is 36.7 Å². The van der Waals surface area contributed by atoms with Crippen LogP contribution in [0.25, 0.3) is 21.9 Å². The number of carbonyl (C=O) groups excluding carboxylic acids is 2. The highest BCUT2D eigenvalue weighted by molar-refractivity contribution is 5.90. The van der Waals surface area contributed by atoms with Crippen LogP contribution in [0, 0.1) is 5.82 Å². The molecular formula is C28H25BrFN3O3. The minimum Gasteiger partial charge on any atom is -1.00 e. The molecule has 1 saturated heterocycles. The predicted molar refractivity (Wildman–Crippen MR) is 131 cm³/mol. The van der Waals surface area contributed by atoms with Crippen molar-refractivity contribution in [2.75, 3.05) is 18.0 Å². The number of nitrogens with one attached hydrogen (secondary N) is 1. The zero-order chi connectivity index (χ0) is 24.4. The number of benzene rings is 3. The van der Waals surface area contributed by atoms with Crippen molar-refractivity contribution in [2.24, 2.45) is 0 Å². The van der Waals surface area contributed by atoms with E-state index in [9.17, 15) is 9.59 Å². The van der Waals surface area contributed by atoms with Gasteiger partial charge in [-0.1, -0.05) is 42.5 Å². The molecule has 8 heteroatoms. The lowest BCUT2D eigenvalue weighted by atomic mass is 10.0. The lowest BCUT2D eigenvalue weighted by molar-refractivity contribution is -0.688. The molecule has 1 aromatic heterocycles. The maximum atomic E-state index is 15.0.